The van der Waals surface area contributed by atoms with Crippen LogP contribution in [-0.4, -0.2) is 35.4 Å². The van der Waals surface area contributed by atoms with E-state index in [4.69, 9.17) is 15.3 Å². The number of anilines is 1. The molecule has 0 bridgehead atoms. The molecular weight excluding hydrogens is 404 g/mol. The number of nitrogens with zero attached hydrogens (tertiary/aromatic N) is 4. The van der Waals surface area contributed by atoms with E-state index >= 15 is 0 Å². The molecule has 1 fully saturated rings. The molecule has 4 rings (SSSR count). The largest absolute Gasteiger partial charge is 0.459 e. The lowest BCUT2D eigenvalue weighted by molar-refractivity contribution is -0.136. The first kappa shape index (κ1) is 21.3. The van der Waals surface area contributed by atoms with Crippen LogP contribution in [0.15, 0.2) is 51.5 Å². The molecule has 0 atom stereocenters. The molecule has 1 aliphatic heterocycles. The summed E-state index contributed by atoms with van der Waals surface area (Å²) in [6.45, 7) is 3.99. The van der Waals surface area contributed by atoms with Gasteiger partial charge in [-0.15, -0.1) is 6.42 Å². The molecule has 1 aromatic carbocycles. The number of piperidine rings is 1. The number of amides is 1. The average molecular weight is 428 g/mol. The molecule has 7 nitrogen and oxygen atoms in total. The van der Waals surface area contributed by atoms with Gasteiger partial charge in [-0.25, -0.2) is 0 Å². The lowest BCUT2D eigenvalue weighted by atomic mass is 9.95. The zero-order valence-corrected chi connectivity index (χ0v) is 18.0. The molecule has 0 aliphatic carbocycles. The monoisotopic (exact) mass is 428 g/mol. The van der Waals surface area contributed by atoms with Crippen molar-refractivity contribution in [2.24, 2.45) is 5.92 Å². The topological polar surface area (TPSA) is 86.5 Å². The second-order valence-corrected chi connectivity index (χ2v) is 7.91. The second-order valence-electron chi connectivity index (χ2n) is 7.91. The highest BCUT2D eigenvalue weighted by molar-refractivity contribution is 5.79. The van der Waals surface area contributed by atoms with Gasteiger partial charge in [0.05, 0.1) is 12.8 Å². The highest BCUT2D eigenvalue weighted by Crippen LogP contribution is 2.31. The van der Waals surface area contributed by atoms with Gasteiger partial charge in [-0.05, 0) is 37.5 Å². The number of hydrogen-bond donors (Lipinski definition) is 0. The minimum Gasteiger partial charge on any atom is -0.459 e. The summed E-state index contributed by atoms with van der Waals surface area (Å²) in [4.78, 5) is 21.2. The number of terminal acetylenes is 1. The van der Waals surface area contributed by atoms with Gasteiger partial charge in [0.1, 0.15) is 6.07 Å². The lowest BCUT2D eigenvalue weighted by Gasteiger charge is -2.33. The summed E-state index contributed by atoms with van der Waals surface area (Å²) < 4.78 is 11.2. The predicted octanol–water partition coefficient (Wildman–Crippen LogP) is 3.99. The molecule has 162 valence electrons. The van der Waals surface area contributed by atoms with Gasteiger partial charge in [-0.3, -0.25) is 4.79 Å². The molecular formula is C25H24N4O3. The zero-order chi connectivity index (χ0) is 22.5. The minimum atomic E-state index is -0.122. The van der Waals surface area contributed by atoms with E-state index < -0.39 is 0 Å². The van der Waals surface area contributed by atoms with Crippen LogP contribution in [0, 0.1) is 36.5 Å². The fraction of sp³-hybridized carbons (Fsp3) is 0.320. The standard InChI is InChI=1S/C25H24N4O3/c1-3-12-29(17-19-8-6-18(2)7-9-19)24(30)20-10-13-28(14-11-20)25-21(16-26)27-23(32-25)22-5-4-15-31-22/h1,4-9,15,20H,10-14,17H2,2H3. The van der Waals surface area contributed by atoms with Crippen molar-refractivity contribution in [3.8, 4) is 30.1 Å². The van der Waals surface area contributed by atoms with E-state index in [0.29, 0.717) is 44.1 Å². The number of nitriles is 1. The summed E-state index contributed by atoms with van der Waals surface area (Å²) in [5.74, 6) is 3.73. The van der Waals surface area contributed by atoms with E-state index in [9.17, 15) is 10.1 Å². The Bertz CT molecular complexity index is 1140. The van der Waals surface area contributed by atoms with Gasteiger partial charge in [0.25, 0.3) is 5.89 Å². The van der Waals surface area contributed by atoms with Gasteiger partial charge in [-0.1, -0.05) is 35.7 Å². The predicted molar refractivity (Wildman–Crippen MR) is 119 cm³/mol. The summed E-state index contributed by atoms with van der Waals surface area (Å²) in [5.41, 5.74) is 2.45. The first-order chi connectivity index (χ1) is 15.6. The molecule has 1 amide bonds. The fourth-order valence-electron chi connectivity index (χ4n) is 3.93. The Morgan fingerprint density at radius 2 is 2.03 bits per heavy atom. The van der Waals surface area contributed by atoms with Crippen molar-refractivity contribution in [2.75, 3.05) is 24.5 Å². The molecule has 0 spiro atoms. The first-order valence-corrected chi connectivity index (χ1v) is 10.6. The fourth-order valence-corrected chi connectivity index (χ4v) is 3.93. The Labute approximate surface area is 187 Å². The Kier molecular flexibility index (Phi) is 6.28. The third-order valence-electron chi connectivity index (χ3n) is 5.67. The summed E-state index contributed by atoms with van der Waals surface area (Å²) in [6.07, 6.45) is 8.36. The normalized spacial score (nSPS) is 14.0. The van der Waals surface area contributed by atoms with Crippen LogP contribution in [-0.2, 0) is 11.3 Å². The average Bonchev–Trinajstić information content (AvgIpc) is 3.50. The van der Waals surface area contributed by atoms with Crippen LogP contribution in [0.5, 0.6) is 0 Å². The molecule has 3 heterocycles. The van der Waals surface area contributed by atoms with Crippen LogP contribution < -0.4 is 4.90 Å². The van der Waals surface area contributed by atoms with E-state index in [1.54, 1.807) is 17.0 Å². The number of aryl methyl sites for hydroxylation is 1. The summed E-state index contributed by atoms with van der Waals surface area (Å²) in [7, 11) is 0. The third-order valence-corrected chi connectivity index (χ3v) is 5.67. The molecule has 3 aromatic rings. The molecule has 0 radical (unpaired) electrons. The Balaban J connectivity index is 1.42. The second kappa shape index (κ2) is 9.45. The van der Waals surface area contributed by atoms with E-state index in [2.05, 4.69) is 17.0 Å². The number of benzene rings is 1. The van der Waals surface area contributed by atoms with Crippen molar-refractivity contribution < 1.29 is 13.6 Å². The van der Waals surface area contributed by atoms with Crippen molar-refractivity contribution in [3.05, 3.63) is 59.5 Å². The van der Waals surface area contributed by atoms with E-state index in [-0.39, 0.29) is 30.0 Å². The molecule has 2 aromatic heterocycles. The van der Waals surface area contributed by atoms with Crippen molar-refractivity contribution in [1.29, 1.82) is 5.26 Å². The van der Waals surface area contributed by atoms with Crippen LogP contribution in [0.3, 0.4) is 0 Å². The van der Waals surface area contributed by atoms with Gasteiger partial charge >= 0.3 is 0 Å². The summed E-state index contributed by atoms with van der Waals surface area (Å²) in [5, 5.41) is 9.48. The molecule has 0 saturated carbocycles. The number of carbonyl (C=O) groups is 1. The Morgan fingerprint density at radius 1 is 1.28 bits per heavy atom. The lowest BCUT2D eigenvalue weighted by Crippen LogP contribution is -2.42. The van der Waals surface area contributed by atoms with Crippen LogP contribution in [0.25, 0.3) is 11.7 Å². The number of oxazole rings is 1. The van der Waals surface area contributed by atoms with Crippen molar-refractivity contribution in [3.63, 3.8) is 0 Å². The van der Waals surface area contributed by atoms with E-state index in [1.165, 1.54) is 11.8 Å². The third kappa shape index (κ3) is 4.53. The minimum absolute atomic E-state index is 0.0672. The van der Waals surface area contributed by atoms with Gasteiger partial charge < -0.3 is 18.6 Å². The number of aromatic nitrogens is 1. The van der Waals surface area contributed by atoms with Crippen LogP contribution in [0.2, 0.25) is 0 Å². The molecule has 0 N–H and O–H groups in total. The summed E-state index contributed by atoms with van der Waals surface area (Å²) in [6, 6.07) is 13.7. The van der Waals surface area contributed by atoms with Crippen LogP contribution in [0.1, 0.15) is 29.7 Å². The number of rotatable bonds is 6. The highest BCUT2D eigenvalue weighted by atomic mass is 16.4. The van der Waals surface area contributed by atoms with Gasteiger partial charge in [0, 0.05) is 25.6 Å². The van der Waals surface area contributed by atoms with Gasteiger partial charge in [0.15, 0.2) is 5.76 Å². The van der Waals surface area contributed by atoms with Gasteiger partial charge in [-0.2, -0.15) is 10.2 Å². The van der Waals surface area contributed by atoms with E-state index in [1.807, 2.05) is 36.1 Å². The zero-order valence-electron chi connectivity index (χ0n) is 18.0. The first-order valence-electron chi connectivity index (χ1n) is 10.6. The maximum atomic E-state index is 13.2. The molecule has 32 heavy (non-hydrogen) atoms. The quantitative estimate of drug-likeness (QED) is 0.552. The van der Waals surface area contributed by atoms with Crippen LogP contribution in [0.4, 0.5) is 5.88 Å². The van der Waals surface area contributed by atoms with Crippen molar-refractivity contribution in [1.82, 2.24) is 9.88 Å². The van der Waals surface area contributed by atoms with Crippen LogP contribution >= 0.6 is 0 Å². The molecule has 1 aliphatic rings. The maximum absolute atomic E-state index is 13.2. The number of hydrogen-bond acceptors (Lipinski definition) is 6. The molecule has 7 heteroatoms. The number of furan rings is 1. The molecule has 0 unspecified atom stereocenters. The Hall–Kier alpha value is -3.97. The highest BCUT2D eigenvalue weighted by Gasteiger charge is 2.31. The SMILES string of the molecule is C#CCN(Cc1ccc(C)cc1)C(=O)C1CCN(c2oc(-c3ccco3)nc2C#N)CC1. The molecule has 1 saturated heterocycles. The van der Waals surface area contributed by atoms with Crippen molar-refractivity contribution >= 4 is 11.8 Å². The smallest absolute Gasteiger partial charge is 0.266 e. The Morgan fingerprint density at radius 3 is 2.66 bits per heavy atom. The van der Waals surface area contributed by atoms with Gasteiger partial charge in [0.2, 0.25) is 17.5 Å². The maximum Gasteiger partial charge on any atom is 0.266 e. The van der Waals surface area contributed by atoms with E-state index in [0.717, 1.165) is 5.56 Å². The summed E-state index contributed by atoms with van der Waals surface area (Å²) >= 11 is 0. The van der Waals surface area contributed by atoms with Crippen molar-refractivity contribution in [2.45, 2.75) is 26.3 Å². The number of carbonyl (C=O) groups excluding carboxylic acids is 1.